The van der Waals surface area contributed by atoms with Crippen LogP contribution in [0.4, 0.5) is 0 Å². The highest BCUT2D eigenvalue weighted by atomic mass is 79.9. The molecule has 5 heteroatoms. The first kappa shape index (κ1) is 15.0. The van der Waals surface area contributed by atoms with E-state index in [4.69, 9.17) is 4.43 Å². The molecule has 2 fully saturated rings. The van der Waals surface area contributed by atoms with E-state index in [1.807, 2.05) is 0 Å². The van der Waals surface area contributed by atoms with Gasteiger partial charge in [-0.05, 0) is 24.6 Å². The summed E-state index contributed by atoms with van der Waals surface area (Å²) in [5.74, 6) is 0. The largest absolute Gasteiger partial charge is 0.415 e. The molecule has 0 aromatic heterocycles. The smallest absolute Gasteiger partial charge is 0.192 e. The zero-order valence-electron chi connectivity index (χ0n) is 12.1. The summed E-state index contributed by atoms with van der Waals surface area (Å²) in [5, 5.41) is 11.2. The molecular weight excluding hydrogens is 310 g/mol. The molecule has 0 aromatic carbocycles. The Bertz CT molecular complexity index is 319. The van der Waals surface area contributed by atoms with Crippen molar-refractivity contribution in [2.24, 2.45) is 0 Å². The molecule has 0 amide bonds. The molecule has 2 aliphatic rings. The average Bonchev–Trinajstić information content (AvgIpc) is 2.86. The molecule has 1 unspecified atom stereocenters. The van der Waals surface area contributed by atoms with Crippen LogP contribution in [0.3, 0.4) is 0 Å². The van der Waals surface area contributed by atoms with Gasteiger partial charge in [0, 0.05) is 11.4 Å². The van der Waals surface area contributed by atoms with Crippen LogP contribution < -0.4 is 0 Å². The van der Waals surface area contributed by atoms with E-state index in [1.165, 1.54) is 0 Å². The second-order valence-electron chi connectivity index (χ2n) is 7.19. The van der Waals surface area contributed by atoms with E-state index in [2.05, 4.69) is 54.7 Å². The molecule has 2 heterocycles. The summed E-state index contributed by atoms with van der Waals surface area (Å²) in [7, 11) is -1.65. The minimum absolute atomic E-state index is 0.152. The van der Waals surface area contributed by atoms with Gasteiger partial charge in [0.2, 0.25) is 0 Å². The zero-order chi connectivity index (χ0) is 13.7. The van der Waals surface area contributed by atoms with Gasteiger partial charge in [0.25, 0.3) is 0 Å². The molecule has 1 N–H and O–H groups in total. The summed E-state index contributed by atoms with van der Waals surface area (Å²) in [4.78, 5) is 2.42. The predicted molar refractivity (Wildman–Crippen MR) is 80.8 cm³/mol. The maximum Gasteiger partial charge on any atom is 0.192 e. The third kappa shape index (κ3) is 2.57. The summed E-state index contributed by atoms with van der Waals surface area (Å²) >= 11 is 3.54. The van der Waals surface area contributed by atoms with E-state index >= 15 is 0 Å². The third-order valence-corrected chi connectivity index (χ3v) is 10.2. The molecule has 3 nitrogen and oxygen atoms in total. The second-order valence-corrected chi connectivity index (χ2v) is 12.6. The van der Waals surface area contributed by atoms with E-state index in [0.29, 0.717) is 18.1 Å². The van der Waals surface area contributed by atoms with Crippen LogP contribution in [-0.2, 0) is 4.43 Å². The van der Waals surface area contributed by atoms with Gasteiger partial charge < -0.3 is 9.53 Å². The number of fused-ring (bicyclic) bond motifs is 1. The van der Waals surface area contributed by atoms with Gasteiger partial charge in [0.05, 0.1) is 24.8 Å². The number of aliphatic hydroxyl groups is 1. The molecule has 0 spiro atoms. The fraction of sp³-hybridized carbons (Fsp3) is 1.00. The quantitative estimate of drug-likeness (QED) is 0.487. The number of hydrogen-bond donors (Lipinski definition) is 1. The van der Waals surface area contributed by atoms with Gasteiger partial charge in [-0.3, -0.25) is 4.90 Å². The van der Waals surface area contributed by atoms with Gasteiger partial charge in [-0.2, -0.15) is 0 Å². The van der Waals surface area contributed by atoms with Crippen LogP contribution in [0.5, 0.6) is 0 Å². The normalized spacial score (nSPS) is 39.8. The molecule has 2 saturated heterocycles. The number of alkyl halides is 1. The lowest BCUT2D eigenvalue weighted by molar-refractivity contribution is 0.166. The molecule has 2 aliphatic heterocycles. The summed E-state index contributed by atoms with van der Waals surface area (Å²) in [6, 6.07) is 1.31. The Hall–Kier alpha value is 0.577. The molecule has 0 saturated carbocycles. The highest BCUT2D eigenvalue weighted by Gasteiger charge is 2.60. The molecular formula is C13H26BrNO2Si. The summed E-state index contributed by atoms with van der Waals surface area (Å²) in [6.07, 6.45) is 0.757. The minimum Gasteiger partial charge on any atom is -0.415 e. The van der Waals surface area contributed by atoms with E-state index in [0.717, 1.165) is 18.4 Å². The number of aliphatic hydroxyl groups excluding tert-OH is 1. The van der Waals surface area contributed by atoms with Crippen molar-refractivity contribution in [3.8, 4) is 0 Å². The van der Waals surface area contributed by atoms with Gasteiger partial charge in [-0.1, -0.05) is 36.7 Å². The first-order valence-corrected chi connectivity index (χ1v) is 10.9. The van der Waals surface area contributed by atoms with E-state index in [-0.39, 0.29) is 11.1 Å². The Kier molecular flexibility index (Phi) is 4.03. The first-order chi connectivity index (χ1) is 8.19. The Labute approximate surface area is 120 Å². The van der Waals surface area contributed by atoms with Crippen molar-refractivity contribution in [2.45, 2.75) is 69.6 Å². The maximum atomic E-state index is 9.99. The van der Waals surface area contributed by atoms with Crippen molar-refractivity contribution in [1.82, 2.24) is 4.90 Å². The summed E-state index contributed by atoms with van der Waals surface area (Å²) in [5.41, 5.74) is 0. The Balaban J connectivity index is 1.87. The van der Waals surface area contributed by atoms with Crippen LogP contribution in [0.2, 0.25) is 18.1 Å². The van der Waals surface area contributed by atoms with E-state index in [1.54, 1.807) is 0 Å². The number of nitrogens with zero attached hydrogens (tertiary/aromatic N) is 1. The van der Waals surface area contributed by atoms with Crippen LogP contribution in [0, 0.1) is 0 Å². The molecule has 5 atom stereocenters. The Morgan fingerprint density at radius 3 is 2.50 bits per heavy atom. The SMILES string of the molecule is CC(C)(C)[Si](C)(C)OC[C@@H]1[C@@H]2[C@@H](O)C[C@H](CBr)N21. The lowest BCUT2D eigenvalue weighted by atomic mass is 10.1. The van der Waals surface area contributed by atoms with Gasteiger partial charge in [0.1, 0.15) is 0 Å². The van der Waals surface area contributed by atoms with E-state index in [9.17, 15) is 5.11 Å². The lowest BCUT2D eigenvalue weighted by Crippen LogP contribution is -2.42. The fourth-order valence-electron chi connectivity index (χ4n) is 2.67. The van der Waals surface area contributed by atoms with Crippen molar-refractivity contribution in [3.63, 3.8) is 0 Å². The zero-order valence-corrected chi connectivity index (χ0v) is 14.7. The average molecular weight is 336 g/mol. The molecule has 2 rings (SSSR count). The van der Waals surface area contributed by atoms with Crippen LogP contribution in [-0.4, -0.2) is 54.5 Å². The predicted octanol–water partition coefficient (Wildman–Crippen LogP) is 2.59. The topological polar surface area (TPSA) is 32.5 Å². The van der Waals surface area contributed by atoms with Crippen molar-refractivity contribution in [3.05, 3.63) is 0 Å². The molecule has 0 aromatic rings. The number of rotatable bonds is 4. The van der Waals surface area contributed by atoms with Crippen LogP contribution in [0.25, 0.3) is 0 Å². The second kappa shape index (κ2) is 4.84. The first-order valence-electron chi connectivity index (χ1n) is 6.84. The van der Waals surface area contributed by atoms with Gasteiger partial charge in [-0.25, -0.2) is 0 Å². The minimum atomic E-state index is -1.65. The molecule has 0 radical (unpaired) electrons. The van der Waals surface area contributed by atoms with E-state index < -0.39 is 8.32 Å². The third-order valence-electron chi connectivity index (χ3n) is 4.96. The highest BCUT2D eigenvalue weighted by molar-refractivity contribution is 9.09. The maximum absolute atomic E-state index is 9.99. The highest BCUT2D eigenvalue weighted by Crippen LogP contribution is 2.45. The van der Waals surface area contributed by atoms with Gasteiger partial charge in [0.15, 0.2) is 8.32 Å². The van der Waals surface area contributed by atoms with Crippen molar-refractivity contribution < 1.29 is 9.53 Å². The Morgan fingerprint density at radius 1 is 1.39 bits per heavy atom. The molecule has 106 valence electrons. The van der Waals surface area contributed by atoms with Crippen molar-refractivity contribution >= 4 is 24.2 Å². The number of halogens is 1. The van der Waals surface area contributed by atoms with Crippen molar-refractivity contribution in [1.29, 1.82) is 0 Å². The summed E-state index contributed by atoms with van der Waals surface area (Å²) in [6.45, 7) is 12.2. The van der Waals surface area contributed by atoms with Crippen molar-refractivity contribution in [2.75, 3.05) is 11.9 Å². The van der Waals surface area contributed by atoms with Crippen LogP contribution >= 0.6 is 15.9 Å². The number of hydrogen-bond acceptors (Lipinski definition) is 3. The van der Waals surface area contributed by atoms with Gasteiger partial charge >= 0.3 is 0 Å². The number of piperidine rings is 1. The lowest BCUT2D eigenvalue weighted by Gasteiger charge is -2.36. The molecule has 0 aliphatic carbocycles. The van der Waals surface area contributed by atoms with Crippen LogP contribution in [0.15, 0.2) is 0 Å². The molecule has 18 heavy (non-hydrogen) atoms. The van der Waals surface area contributed by atoms with Gasteiger partial charge in [-0.15, -0.1) is 0 Å². The van der Waals surface area contributed by atoms with Crippen LogP contribution in [0.1, 0.15) is 27.2 Å². The summed E-state index contributed by atoms with van der Waals surface area (Å²) < 4.78 is 6.27. The standard InChI is InChI=1S/C13H26BrNO2Si/c1-13(2,3)18(4,5)17-8-10-12-11(16)6-9(7-14)15(10)12/h9-12,16H,6-8H2,1-5H3/t9-,10-,11+,12-,15?/m1/s1. The monoisotopic (exact) mass is 335 g/mol. The fourth-order valence-corrected chi connectivity index (χ4v) is 4.29. The molecule has 0 bridgehead atoms. The Morgan fingerprint density at radius 2 is 2.00 bits per heavy atom.